The summed E-state index contributed by atoms with van der Waals surface area (Å²) >= 11 is 8.31. The zero-order chi connectivity index (χ0) is 20.4. The fraction of sp³-hybridized carbons (Fsp3) is 0.591. The Kier molecular flexibility index (Phi) is 10.2. The average Bonchev–Trinajstić information content (AvgIpc) is 2.94. The molecule has 1 aliphatic rings. The molecule has 0 bridgehead atoms. The molecule has 156 valence electrons. The van der Waals surface area contributed by atoms with E-state index in [-0.39, 0.29) is 23.6 Å². The van der Waals surface area contributed by atoms with Crippen molar-refractivity contribution in [3.8, 4) is 5.75 Å². The fourth-order valence-electron chi connectivity index (χ4n) is 3.48. The lowest BCUT2D eigenvalue weighted by Crippen LogP contribution is -2.27. The maximum absolute atomic E-state index is 10.5. The Morgan fingerprint density at radius 2 is 2.04 bits per heavy atom. The van der Waals surface area contributed by atoms with Crippen molar-refractivity contribution in [3.63, 3.8) is 0 Å². The van der Waals surface area contributed by atoms with Gasteiger partial charge in [-0.15, -0.1) is 23.4 Å². The number of hydrogen-bond donors (Lipinski definition) is 2. The van der Waals surface area contributed by atoms with Crippen LogP contribution in [0.3, 0.4) is 0 Å². The molecule has 1 aliphatic carbocycles. The Morgan fingerprint density at radius 1 is 1.29 bits per heavy atom. The summed E-state index contributed by atoms with van der Waals surface area (Å²) in [5.41, 5.74) is 0. The van der Waals surface area contributed by atoms with E-state index in [2.05, 4.69) is 25.1 Å². The Hall–Kier alpha value is -1.17. The van der Waals surface area contributed by atoms with Crippen LogP contribution >= 0.6 is 23.4 Å². The van der Waals surface area contributed by atoms with Crippen molar-refractivity contribution < 1.29 is 19.7 Å². The monoisotopic (exact) mass is 426 g/mol. The van der Waals surface area contributed by atoms with Crippen molar-refractivity contribution in [1.82, 2.24) is 0 Å². The minimum absolute atomic E-state index is 0.000289. The number of carboxylic acid groups (broad SMARTS) is 1. The van der Waals surface area contributed by atoms with Crippen molar-refractivity contribution >= 4 is 29.3 Å². The van der Waals surface area contributed by atoms with Crippen LogP contribution < -0.4 is 4.74 Å². The molecular formula is C22H31ClO4S. The SMILES string of the molecule is CCCSc1ccc(OC[C@@H]2[C@@H](C/C=C\CCCC(=O)O)[C@H](Cl)C[C@H]2O)cc1. The number of aliphatic hydroxyl groups is 1. The smallest absolute Gasteiger partial charge is 0.303 e. The minimum atomic E-state index is -0.762. The van der Waals surface area contributed by atoms with Crippen LogP contribution in [0.2, 0.25) is 0 Å². The molecule has 1 fully saturated rings. The first-order valence-corrected chi connectivity index (χ1v) is 11.5. The van der Waals surface area contributed by atoms with Crippen LogP contribution in [-0.2, 0) is 4.79 Å². The van der Waals surface area contributed by atoms with Gasteiger partial charge in [-0.05, 0) is 68.0 Å². The number of hydrogen-bond acceptors (Lipinski definition) is 4. The average molecular weight is 427 g/mol. The highest BCUT2D eigenvalue weighted by atomic mass is 35.5. The maximum Gasteiger partial charge on any atom is 0.303 e. The zero-order valence-corrected chi connectivity index (χ0v) is 18.0. The molecule has 0 spiro atoms. The Balaban J connectivity index is 1.82. The Bertz CT molecular complexity index is 619. The van der Waals surface area contributed by atoms with Crippen LogP contribution in [-0.4, -0.2) is 40.0 Å². The van der Waals surface area contributed by atoms with Gasteiger partial charge in [0.15, 0.2) is 0 Å². The van der Waals surface area contributed by atoms with E-state index < -0.39 is 12.1 Å². The van der Waals surface area contributed by atoms with E-state index in [9.17, 15) is 9.90 Å². The van der Waals surface area contributed by atoms with Crippen LogP contribution in [0.25, 0.3) is 0 Å². The number of alkyl halides is 1. The maximum atomic E-state index is 10.5. The number of ether oxygens (including phenoxy) is 1. The number of unbranched alkanes of at least 4 members (excludes halogenated alkanes) is 1. The molecule has 0 heterocycles. The van der Waals surface area contributed by atoms with Crippen LogP contribution in [0.15, 0.2) is 41.3 Å². The largest absolute Gasteiger partial charge is 0.493 e. The van der Waals surface area contributed by atoms with Gasteiger partial charge < -0.3 is 14.9 Å². The second kappa shape index (κ2) is 12.4. The predicted octanol–water partition coefficient (Wildman–Crippen LogP) is 5.37. The van der Waals surface area contributed by atoms with Crippen molar-refractivity contribution in [2.45, 2.75) is 61.8 Å². The summed E-state index contributed by atoms with van der Waals surface area (Å²) < 4.78 is 5.95. The summed E-state index contributed by atoms with van der Waals surface area (Å²) in [4.78, 5) is 11.8. The molecular weight excluding hydrogens is 396 g/mol. The minimum Gasteiger partial charge on any atom is -0.493 e. The summed E-state index contributed by atoms with van der Waals surface area (Å²) in [6, 6.07) is 8.11. The lowest BCUT2D eigenvalue weighted by Gasteiger charge is -2.22. The van der Waals surface area contributed by atoms with E-state index in [0.717, 1.165) is 30.8 Å². The van der Waals surface area contributed by atoms with E-state index in [1.54, 1.807) is 0 Å². The van der Waals surface area contributed by atoms with Gasteiger partial charge in [0.05, 0.1) is 12.7 Å². The van der Waals surface area contributed by atoms with Crippen molar-refractivity contribution in [2.75, 3.05) is 12.4 Å². The fourth-order valence-corrected chi connectivity index (χ4v) is 4.72. The second-order valence-electron chi connectivity index (χ2n) is 7.27. The number of halogens is 1. The van der Waals surface area contributed by atoms with E-state index in [1.165, 1.54) is 4.90 Å². The topological polar surface area (TPSA) is 66.8 Å². The van der Waals surface area contributed by atoms with Gasteiger partial charge in [-0.3, -0.25) is 4.79 Å². The molecule has 1 aromatic carbocycles. The molecule has 0 unspecified atom stereocenters. The summed E-state index contributed by atoms with van der Waals surface area (Å²) in [7, 11) is 0. The molecule has 28 heavy (non-hydrogen) atoms. The number of carboxylic acids is 1. The molecule has 2 N–H and O–H groups in total. The highest BCUT2D eigenvalue weighted by molar-refractivity contribution is 7.99. The van der Waals surface area contributed by atoms with Crippen LogP contribution in [0.4, 0.5) is 0 Å². The number of allylic oxidation sites excluding steroid dienone is 2. The molecule has 0 amide bonds. The number of benzene rings is 1. The predicted molar refractivity (Wildman–Crippen MR) is 115 cm³/mol. The summed E-state index contributed by atoms with van der Waals surface area (Å²) in [6.07, 6.45) is 7.72. The van der Waals surface area contributed by atoms with E-state index in [0.29, 0.717) is 19.4 Å². The highest BCUT2D eigenvalue weighted by Gasteiger charge is 2.41. The summed E-state index contributed by atoms with van der Waals surface area (Å²) in [5.74, 6) is 1.32. The molecule has 0 aliphatic heterocycles. The van der Waals surface area contributed by atoms with Crippen LogP contribution in [0, 0.1) is 11.8 Å². The number of carbonyl (C=O) groups is 1. The third-order valence-electron chi connectivity index (χ3n) is 5.05. The molecule has 1 saturated carbocycles. The first kappa shape index (κ1) is 23.1. The molecule has 4 nitrogen and oxygen atoms in total. The molecule has 4 atom stereocenters. The van der Waals surface area contributed by atoms with Crippen molar-refractivity contribution in [3.05, 3.63) is 36.4 Å². The number of rotatable bonds is 12. The second-order valence-corrected chi connectivity index (χ2v) is 9.00. The van der Waals surface area contributed by atoms with E-state index in [4.69, 9.17) is 21.4 Å². The molecule has 0 aromatic heterocycles. The van der Waals surface area contributed by atoms with Gasteiger partial charge in [0.1, 0.15) is 5.75 Å². The van der Waals surface area contributed by atoms with Gasteiger partial charge in [-0.1, -0.05) is 19.1 Å². The molecule has 0 radical (unpaired) electrons. The normalized spacial score (nSPS) is 24.7. The van der Waals surface area contributed by atoms with Crippen LogP contribution in [0.1, 0.15) is 45.4 Å². The first-order valence-electron chi connectivity index (χ1n) is 10.1. The third kappa shape index (κ3) is 7.69. The van der Waals surface area contributed by atoms with Gasteiger partial charge >= 0.3 is 5.97 Å². The Morgan fingerprint density at radius 3 is 2.71 bits per heavy atom. The van der Waals surface area contributed by atoms with Gasteiger partial charge in [-0.25, -0.2) is 0 Å². The standard InChI is InChI=1S/C22H31ClO4S/c1-2-13-28-17-11-9-16(10-12-17)27-15-19-18(20(23)14-21(19)24)7-5-3-4-6-8-22(25)26/h3,5,9-12,18-21,24H,2,4,6-8,13-15H2,1H3,(H,25,26)/b5-3-/t18-,19-,20-,21-/m1/s1. The molecule has 6 heteroatoms. The van der Waals surface area contributed by atoms with Crippen molar-refractivity contribution in [1.29, 1.82) is 0 Å². The van der Waals surface area contributed by atoms with Gasteiger partial charge in [-0.2, -0.15) is 0 Å². The first-order chi connectivity index (χ1) is 13.5. The van der Waals surface area contributed by atoms with Crippen LogP contribution in [0.5, 0.6) is 5.75 Å². The number of thioether (sulfide) groups is 1. The number of aliphatic carboxylic acids is 1. The van der Waals surface area contributed by atoms with E-state index in [1.807, 2.05) is 30.0 Å². The summed E-state index contributed by atoms with van der Waals surface area (Å²) in [5, 5.41) is 19.0. The lowest BCUT2D eigenvalue weighted by molar-refractivity contribution is -0.137. The van der Waals surface area contributed by atoms with E-state index >= 15 is 0 Å². The van der Waals surface area contributed by atoms with Gasteiger partial charge in [0.2, 0.25) is 0 Å². The zero-order valence-electron chi connectivity index (χ0n) is 16.4. The quantitative estimate of drug-likeness (QED) is 0.203. The van der Waals surface area contributed by atoms with Gasteiger partial charge in [0.25, 0.3) is 0 Å². The summed E-state index contributed by atoms with van der Waals surface area (Å²) in [6.45, 7) is 2.62. The highest BCUT2D eigenvalue weighted by Crippen LogP contribution is 2.39. The van der Waals surface area contributed by atoms with Crippen molar-refractivity contribution in [2.24, 2.45) is 11.8 Å². The molecule has 1 aromatic rings. The number of aliphatic hydroxyl groups excluding tert-OH is 1. The van der Waals surface area contributed by atoms with Gasteiger partial charge in [0, 0.05) is 22.6 Å². The third-order valence-corrected chi connectivity index (χ3v) is 6.77. The lowest BCUT2D eigenvalue weighted by atomic mass is 9.92. The molecule has 2 rings (SSSR count). The molecule has 0 saturated heterocycles. The Labute approximate surface area is 177 Å².